The maximum absolute atomic E-state index is 12.6. The van der Waals surface area contributed by atoms with Gasteiger partial charge in [0.1, 0.15) is 11.2 Å². The van der Waals surface area contributed by atoms with Crippen LogP contribution in [0.5, 0.6) is 0 Å². The summed E-state index contributed by atoms with van der Waals surface area (Å²) in [5.41, 5.74) is -1.11. The predicted octanol–water partition coefficient (Wildman–Crippen LogP) is 3.11. The highest BCUT2D eigenvalue weighted by Crippen LogP contribution is 2.62. The molecule has 0 saturated carbocycles. The average Bonchev–Trinajstić information content (AvgIpc) is 2.33. The first-order valence-electron chi connectivity index (χ1n) is 5.34. The second-order valence-corrected chi connectivity index (χ2v) is 6.91. The van der Waals surface area contributed by atoms with E-state index in [0.29, 0.717) is 5.30 Å². The summed E-state index contributed by atoms with van der Waals surface area (Å²) in [4.78, 5) is 0. The average molecular weight is 240 g/mol. The van der Waals surface area contributed by atoms with Crippen LogP contribution < -0.4 is 5.30 Å². The van der Waals surface area contributed by atoms with Gasteiger partial charge in [-0.25, -0.2) is 0 Å². The van der Waals surface area contributed by atoms with Gasteiger partial charge in [-0.15, -0.1) is 0 Å². The molecule has 1 aromatic carbocycles. The smallest absolute Gasteiger partial charge is 0.296 e. The molecule has 2 rings (SSSR count). The molecule has 0 bridgehead atoms. The van der Waals surface area contributed by atoms with E-state index in [9.17, 15) is 4.57 Å². The van der Waals surface area contributed by atoms with Crippen LogP contribution in [0.2, 0.25) is 0 Å². The molecule has 4 heteroatoms. The van der Waals surface area contributed by atoms with Crippen molar-refractivity contribution in [1.29, 1.82) is 0 Å². The topological polar surface area (TPSA) is 35.5 Å². The minimum absolute atomic E-state index is 0.557. The Labute approximate surface area is 96.3 Å². The van der Waals surface area contributed by atoms with Gasteiger partial charge in [-0.3, -0.25) is 13.6 Å². The number of benzene rings is 1. The minimum atomic E-state index is -3.17. The monoisotopic (exact) mass is 240 g/mol. The van der Waals surface area contributed by atoms with Gasteiger partial charge < -0.3 is 0 Å². The zero-order valence-electron chi connectivity index (χ0n) is 10.1. The quantitative estimate of drug-likeness (QED) is 0.707. The fourth-order valence-electron chi connectivity index (χ4n) is 1.56. The van der Waals surface area contributed by atoms with Crippen LogP contribution in [0, 0.1) is 0 Å². The minimum Gasteiger partial charge on any atom is -0.296 e. The maximum atomic E-state index is 12.6. The van der Waals surface area contributed by atoms with Gasteiger partial charge >= 0.3 is 7.60 Å². The van der Waals surface area contributed by atoms with Crippen molar-refractivity contribution in [2.24, 2.45) is 0 Å². The molecule has 1 aromatic rings. The normalized spacial score (nSPS) is 25.5. The van der Waals surface area contributed by atoms with E-state index in [-0.39, 0.29) is 0 Å². The highest BCUT2D eigenvalue weighted by atomic mass is 31.2. The van der Waals surface area contributed by atoms with Crippen molar-refractivity contribution in [2.75, 3.05) is 0 Å². The van der Waals surface area contributed by atoms with Crippen LogP contribution in [-0.4, -0.2) is 11.2 Å². The molecule has 0 aliphatic carbocycles. The Morgan fingerprint density at radius 1 is 0.938 bits per heavy atom. The van der Waals surface area contributed by atoms with E-state index in [1.807, 2.05) is 45.9 Å². The summed E-state index contributed by atoms with van der Waals surface area (Å²) in [5.74, 6) is 0. The third kappa shape index (κ3) is 1.73. The van der Waals surface area contributed by atoms with Crippen molar-refractivity contribution in [2.45, 2.75) is 38.9 Å². The Morgan fingerprint density at radius 3 is 1.81 bits per heavy atom. The molecule has 88 valence electrons. The zero-order valence-corrected chi connectivity index (χ0v) is 11.0. The van der Waals surface area contributed by atoms with Crippen molar-refractivity contribution >= 4 is 12.9 Å². The Kier molecular flexibility index (Phi) is 2.54. The molecule has 1 aliphatic heterocycles. The molecular formula is C12H17O3P. The summed E-state index contributed by atoms with van der Waals surface area (Å²) in [5, 5.41) is 0.619. The molecule has 0 radical (unpaired) electrons. The lowest BCUT2D eigenvalue weighted by Gasteiger charge is -2.29. The first-order valence-corrected chi connectivity index (χ1v) is 6.88. The fourth-order valence-corrected chi connectivity index (χ4v) is 3.98. The Morgan fingerprint density at radius 2 is 1.38 bits per heavy atom. The molecule has 1 heterocycles. The lowest BCUT2D eigenvalue weighted by atomic mass is 9.90. The van der Waals surface area contributed by atoms with Crippen molar-refractivity contribution in [3.05, 3.63) is 30.3 Å². The molecule has 16 heavy (non-hydrogen) atoms. The van der Waals surface area contributed by atoms with Gasteiger partial charge in [-0.2, -0.15) is 0 Å². The second kappa shape index (κ2) is 3.43. The van der Waals surface area contributed by atoms with Crippen LogP contribution in [0.4, 0.5) is 0 Å². The largest absolute Gasteiger partial charge is 0.362 e. The van der Waals surface area contributed by atoms with Crippen molar-refractivity contribution in [1.82, 2.24) is 0 Å². The lowest BCUT2D eigenvalue weighted by molar-refractivity contribution is 0.00578. The third-order valence-corrected chi connectivity index (χ3v) is 5.54. The molecule has 0 spiro atoms. The van der Waals surface area contributed by atoms with E-state index in [1.165, 1.54) is 0 Å². The molecule has 0 unspecified atom stereocenters. The van der Waals surface area contributed by atoms with Gasteiger partial charge in [-0.05, 0) is 39.8 Å². The molecule has 0 atom stereocenters. The zero-order chi connectivity index (χ0) is 12.0. The first kappa shape index (κ1) is 11.8. The molecule has 1 aliphatic rings. The van der Waals surface area contributed by atoms with Crippen LogP contribution in [0.25, 0.3) is 0 Å². The number of hydrogen-bond donors (Lipinski definition) is 0. The number of rotatable bonds is 1. The SMILES string of the molecule is CC1(C)OP(=O)(c2ccccc2)OC1(C)C. The van der Waals surface area contributed by atoms with E-state index in [1.54, 1.807) is 12.1 Å². The highest BCUT2D eigenvalue weighted by Gasteiger charge is 2.55. The molecule has 0 N–H and O–H groups in total. The van der Waals surface area contributed by atoms with Crippen LogP contribution in [0.15, 0.2) is 30.3 Å². The highest BCUT2D eigenvalue weighted by molar-refractivity contribution is 7.62. The van der Waals surface area contributed by atoms with Gasteiger partial charge in [0, 0.05) is 0 Å². The van der Waals surface area contributed by atoms with Crippen LogP contribution in [-0.2, 0) is 13.6 Å². The molecule has 1 fully saturated rings. The summed E-state index contributed by atoms with van der Waals surface area (Å²) in [6, 6.07) is 9.10. The van der Waals surface area contributed by atoms with Gasteiger partial charge in [0.2, 0.25) is 0 Å². The fraction of sp³-hybridized carbons (Fsp3) is 0.500. The van der Waals surface area contributed by atoms with E-state index >= 15 is 0 Å². The lowest BCUT2D eigenvalue weighted by Crippen LogP contribution is -2.41. The Hall–Kier alpha value is -0.630. The molecule has 0 aromatic heterocycles. The van der Waals surface area contributed by atoms with Gasteiger partial charge in [0.05, 0.1) is 5.30 Å². The number of hydrogen-bond acceptors (Lipinski definition) is 3. The van der Waals surface area contributed by atoms with Gasteiger partial charge in [0.15, 0.2) is 0 Å². The maximum Gasteiger partial charge on any atom is 0.362 e. The Balaban J connectivity index is 2.42. The Bertz CT molecular complexity index is 417. The van der Waals surface area contributed by atoms with Gasteiger partial charge in [0.25, 0.3) is 0 Å². The molecule has 1 saturated heterocycles. The predicted molar refractivity (Wildman–Crippen MR) is 64.0 cm³/mol. The van der Waals surface area contributed by atoms with Crippen molar-refractivity contribution < 1.29 is 13.6 Å². The molecular weight excluding hydrogens is 223 g/mol. The first-order chi connectivity index (χ1) is 7.27. The summed E-state index contributed by atoms with van der Waals surface area (Å²) < 4.78 is 23.9. The molecule has 0 amide bonds. The van der Waals surface area contributed by atoms with E-state index in [2.05, 4.69) is 0 Å². The molecule has 3 nitrogen and oxygen atoms in total. The van der Waals surface area contributed by atoms with Gasteiger partial charge in [-0.1, -0.05) is 18.2 Å². The standard InChI is InChI=1S/C12H17O3P/c1-11(2)12(3,4)15-16(13,14-11)10-8-6-5-7-9-10/h5-9H,1-4H3. The van der Waals surface area contributed by atoms with E-state index in [4.69, 9.17) is 9.05 Å². The third-order valence-electron chi connectivity index (χ3n) is 3.22. The summed E-state index contributed by atoms with van der Waals surface area (Å²) in [6.45, 7) is 7.59. The van der Waals surface area contributed by atoms with Crippen molar-refractivity contribution in [3.8, 4) is 0 Å². The van der Waals surface area contributed by atoms with Crippen LogP contribution in [0.3, 0.4) is 0 Å². The van der Waals surface area contributed by atoms with E-state index < -0.39 is 18.8 Å². The van der Waals surface area contributed by atoms with Crippen molar-refractivity contribution in [3.63, 3.8) is 0 Å². The van der Waals surface area contributed by atoms with Crippen LogP contribution in [0.1, 0.15) is 27.7 Å². The van der Waals surface area contributed by atoms with Crippen LogP contribution >= 0.6 is 7.60 Å². The van der Waals surface area contributed by atoms with E-state index in [0.717, 1.165) is 0 Å². The summed E-state index contributed by atoms with van der Waals surface area (Å²) in [7, 11) is -3.17. The second-order valence-electron chi connectivity index (χ2n) is 5.04. The summed E-state index contributed by atoms with van der Waals surface area (Å²) >= 11 is 0. The summed E-state index contributed by atoms with van der Waals surface area (Å²) in [6.07, 6.45) is 0.